The van der Waals surface area contributed by atoms with E-state index in [1.807, 2.05) is 43.3 Å². The van der Waals surface area contributed by atoms with Crippen LogP contribution >= 0.6 is 24.0 Å². The van der Waals surface area contributed by atoms with Gasteiger partial charge in [0.2, 0.25) is 0 Å². The Morgan fingerprint density at radius 2 is 1.45 bits per heavy atom. The normalized spacial score (nSPS) is 11.4. The second-order valence-electron chi connectivity index (χ2n) is 4.54. The highest BCUT2D eigenvalue weighted by atomic mass is 32.2. The standard InChI is InChI=1S/C16H16N2S2/c1-11-3-7-13(8-4-11)15(17)18-16(19)20-14-9-5-12(2)6-10-14/h3-10H,1-2H3,(H2,17,18,19). The number of hydrogen-bond acceptors (Lipinski definition) is 2. The van der Waals surface area contributed by atoms with Gasteiger partial charge in [-0.3, -0.25) is 0 Å². The Morgan fingerprint density at radius 1 is 0.950 bits per heavy atom. The van der Waals surface area contributed by atoms with E-state index in [9.17, 15) is 0 Å². The number of nitrogens with zero attached hydrogens (tertiary/aromatic N) is 1. The summed E-state index contributed by atoms with van der Waals surface area (Å²) in [6, 6.07) is 16.1. The summed E-state index contributed by atoms with van der Waals surface area (Å²) in [5.41, 5.74) is 9.28. The second-order valence-corrected chi connectivity index (χ2v) is 6.25. The maximum atomic E-state index is 5.97. The fourth-order valence-electron chi connectivity index (χ4n) is 1.62. The predicted molar refractivity (Wildman–Crippen MR) is 91.5 cm³/mol. The summed E-state index contributed by atoms with van der Waals surface area (Å²) in [5, 5.41) is 0. The number of thioether (sulfide) groups is 1. The summed E-state index contributed by atoms with van der Waals surface area (Å²) >= 11 is 6.71. The molecule has 20 heavy (non-hydrogen) atoms. The van der Waals surface area contributed by atoms with E-state index in [0.717, 1.165) is 10.5 Å². The fraction of sp³-hybridized carbons (Fsp3) is 0.125. The SMILES string of the molecule is Cc1ccc(SC(=S)N=C(N)c2ccc(C)cc2)cc1. The third kappa shape index (κ3) is 4.18. The van der Waals surface area contributed by atoms with Crippen molar-refractivity contribution >= 4 is 34.1 Å². The molecule has 0 spiro atoms. The average Bonchev–Trinajstić information content (AvgIpc) is 2.42. The van der Waals surface area contributed by atoms with Crippen molar-refractivity contribution in [1.29, 1.82) is 0 Å². The average molecular weight is 300 g/mol. The molecule has 2 rings (SSSR count). The molecule has 0 atom stereocenters. The van der Waals surface area contributed by atoms with Gasteiger partial charge in [-0.15, -0.1) is 0 Å². The van der Waals surface area contributed by atoms with Crippen LogP contribution in [0.2, 0.25) is 0 Å². The van der Waals surface area contributed by atoms with Crippen LogP contribution in [0.25, 0.3) is 0 Å². The van der Waals surface area contributed by atoms with Gasteiger partial charge in [0.25, 0.3) is 0 Å². The maximum absolute atomic E-state index is 5.97. The summed E-state index contributed by atoms with van der Waals surface area (Å²) < 4.78 is 0.520. The highest BCUT2D eigenvalue weighted by molar-refractivity contribution is 8.23. The first-order valence-corrected chi connectivity index (χ1v) is 7.47. The van der Waals surface area contributed by atoms with Gasteiger partial charge < -0.3 is 5.73 Å². The number of nitrogens with two attached hydrogens (primary N) is 1. The van der Waals surface area contributed by atoms with Crippen LogP contribution in [-0.2, 0) is 0 Å². The highest BCUT2D eigenvalue weighted by Gasteiger charge is 2.02. The smallest absolute Gasteiger partial charge is 0.166 e. The van der Waals surface area contributed by atoms with E-state index in [2.05, 4.69) is 24.0 Å². The maximum Gasteiger partial charge on any atom is 0.166 e. The molecule has 2 N–H and O–H groups in total. The number of benzene rings is 2. The predicted octanol–water partition coefficient (Wildman–Crippen LogP) is 4.09. The largest absolute Gasteiger partial charge is 0.383 e. The zero-order valence-electron chi connectivity index (χ0n) is 11.5. The topological polar surface area (TPSA) is 38.4 Å². The molecular formula is C16H16N2S2. The van der Waals surface area contributed by atoms with E-state index in [1.165, 1.54) is 22.9 Å². The molecule has 0 radical (unpaired) electrons. The fourth-order valence-corrected chi connectivity index (χ4v) is 2.62. The number of rotatable bonds is 2. The molecule has 0 amide bonds. The van der Waals surface area contributed by atoms with Crippen molar-refractivity contribution in [2.45, 2.75) is 18.7 Å². The van der Waals surface area contributed by atoms with Crippen molar-refractivity contribution < 1.29 is 0 Å². The van der Waals surface area contributed by atoms with E-state index in [1.54, 1.807) is 0 Å². The Labute approximate surface area is 129 Å². The molecule has 0 fully saturated rings. The number of aryl methyl sites for hydroxylation is 2. The first-order chi connectivity index (χ1) is 9.54. The second kappa shape index (κ2) is 6.68. The minimum atomic E-state index is 0.453. The van der Waals surface area contributed by atoms with Gasteiger partial charge in [0.15, 0.2) is 4.32 Å². The Bertz CT molecular complexity index is 629. The van der Waals surface area contributed by atoms with Crippen molar-refractivity contribution in [1.82, 2.24) is 0 Å². The van der Waals surface area contributed by atoms with Crippen LogP contribution in [-0.4, -0.2) is 10.2 Å². The van der Waals surface area contributed by atoms with Crippen molar-refractivity contribution in [3.05, 3.63) is 65.2 Å². The lowest BCUT2D eigenvalue weighted by atomic mass is 10.1. The van der Waals surface area contributed by atoms with Crippen molar-refractivity contribution in [3.8, 4) is 0 Å². The summed E-state index contributed by atoms with van der Waals surface area (Å²) in [7, 11) is 0. The third-order valence-electron chi connectivity index (χ3n) is 2.79. The molecule has 0 bridgehead atoms. The van der Waals surface area contributed by atoms with Gasteiger partial charge in [0, 0.05) is 10.5 Å². The Kier molecular flexibility index (Phi) is 4.93. The van der Waals surface area contributed by atoms with Gasteiger partial charge in [-0.1, -0.05) is 71.5 Å². The molecule has 102 valence electrons. The molecule has 2 aromatic rings. The third-order valence-corrected chi connectivity index (χ3v) is 3.90. The molecule has 0 saturated heterocycles. The van der Waals surface area contributed by atoms with E-state index in [4.69, 9.17) is 18.0 Å². The monoisotopic (exact) mass is 300 g/mol. The van der Waals surface area contributed by atoms with E-state index < -0.39 is 0 Å². The van der Waals surface area contributed by atoms with Gasteiger partial charge in [-0.2, -0.15) is 0 Å². The summed E-state index contributed by atoms with van der Waals surface area (Å²) in [5.74, 6) is 0.453. The first-order valence-electron chi connectivity index (χ1n) is 6.24. The van der Waals surface area contributed by atoms with Crippen LogP contribution in [0.4, 0.5) is 0 Å². The molecule has 0 aliphatic rings. The Hall–Kier alpha value is -1.65. The Morgan fingerprint density at radius 3 is 2.00 bits per heavy atom. The molecule has 0 unspecified atom stereocenters. The summed E-state index contributed by atoms with van der Waals surface area (Å²) in [4.78, 5) is 5.35. The van der Waals surface area contributed by atoms with Gasteiger partial charge in [0.05, 0.1) is 0 Å². The first kappa shape index (κ1) is 14.8. The van der Waals surface area contributed by atoms with Gasteiger partial charge in [-0.05, 0) is 26.0 Å². The van der Waals surface area contributed by atoms with Crippen molar-refractivity contribution in [2.75, 3.05) is 0 Å². The molecular weight excluding hydrogens is 284 g/mol. The highest BCUT2D eigenvalue weighted by Crippen LogP contribution is 2.21. The van der Waals surface area contributed by atoms with Gasteiger partial charge in [0.1, 0.15) is 5.84 Å². The van der Waals surface area contributed by atoms with Crippen LogP contribution in [0, 0.1) is 13.8 Å². The van der Waals surface area contributed by atoms with Gasteiger partial charge >= 0.3 is 0 Å². The molecule has 0 heterocycles. The van der Waals surface area contributed by atoms with Gasteiger partial charge in [-0.25, -0.2) is 4.99 Å². The van der Waals surface area contributed by atoms with Crippen LogP contribution < -0.4 is 5.73 Å². The molecule has 2 aromatic carbocycles. The van der Waals surface area contributed by atoms with E-state index in [-0.39, 0.29) is 0 Å². The van der Waals surface area contributed by atoms with E-state index >= 15 is 0 Å². The van der Waals surface area contributed by atoms with Crippen LogP contribution in [0.1, 0.15) is 16.7 Å². The number of amidine groups is 1. The summed E-state index contributed by atoms with van der Waals surface area (Å²) in [6.07, 6.45) is 0. The quantitative estimate of drug-likeness (QED) is 0.393. The van der Waals surface area contributed by atoms with E-state index in [0.29, 0.717) is 10.2 Å². The number of thiocarbonyl (C=S) groups is 1. The molecule has 0 aromatic heterocycles. The minimum Gasteiger partial charge on any atom is -0.383 e. The zero-order valence-corrected chi connectivity index (χ0v) is 13.1. The lowest BCUT2D eigenvalue weighted by molar-refractivity contribution is 1.38. The van der Waals surface area contributed by atoms with Crippen LogP contribution in [0.5, 0.6) is 0 Å². The van der Waals surface area contributed by atoms with Crippen LogP contribution in [0.15, 0.2) is 58.4 Å². The number of hydrogen-bond donors (Lipinski definition) is 1. The molecule has 0 aliphatic heterocycles. The van der Waals surface area contributed by atoms with Crippen LogP contribution in [0.3, 0.4) is 0 Å². The Balaban J connectivity index is 2.07. The lowest BCUT2D eigenvalue weighted by Crippen LogP contribution is -2.14. The molecule has 2 nitrogen and oxygen atoms in total. The molecule has 0 aliphatic carbocycles. The summed E-state index contributed by atoms with van der Waals surface area (Å²) in [6.45, 7) is 4.09. The number of aliphatic imine (C=N–C) groups is 1. The zero-order chi connectivity index (χ0) is 14.5. The minimum absolute atomic E-state index is 0.453. The lowest BCUT2D eigenvalue weighted by Gasteiger charge is -2.03. The van der Waals surface area contributed by atoms with Crippen molar-refractivity contribution in [3.63, 3.8) is 0 Å². The molecule has 0 saturated carbocycles. The molecule has 4 heteroatoms. The van der Waals surface area contributed by atoms with Crippen molar-refractivity contribution in [2.24, 2.45) is 10.7 Å².